The average Bonchev–Trinajstić information content (AvgIpc) is 2.49. The lowest BCUT2D eigenvalue weighted by molar-refractivity contribution is -0.124. The van der Waals surface area contributed by atoms with E-state index in [0.29, 0.717) is 11.3 Å². The highest BCUT2D eigenvalue weighted by atomic mass is 16.5. The topological polar surface area (TPSA) is 99.0 Å². The van der Waals surface area contributed by atoms with Crippen LogP contribution in [-0.4, -0.2) is 34.5 Å². The number of carbonyl (C=O) groups is 1. The number of hydrogen-bond acceptors (Lipinski definition) is 5. The van der Waals surface area contributed by atoms with E-state index in [0.717, 1.165) is 6.08 Å². The van der Waals surface area contributed by atoms with Gasteiger partial charge in [0.05, 0.1) is 12.7 Å². The molecule has 0 aliphatic carbocycles. The number of rotatable bonds is 7. The molecule has 0 aromatic heterocycles. The number of para-hydroxylation sites is 1. The molecule has 6 nitrogen and oxygen atoms in total. The fourth-order valence-corrected chi connectivity index (χ4v) is 1.68. The molecule has 0 spiro atoms. The predicted molar refractivity (Wildman–Crippen MR) is 72.2 cm³/mol. The van der Waals surface area contributed by atoms with E-state index in [2.05, 4.69) is 0 Å². The molecule has 0 aliphatic heterocycles. The summed E-state index contributed by atoms with van der Waals surface area (Å²) in [7, 11) is 0. The lowest BCUT2D eigenvalue weighted by Gasteiger charge is -2.19. The first-order valence-corrected chi connectivity index (χ1v) is 6.23. The molecule has 1 aromatic carbocycles. The van der Waals surface area contributed by atoms with Gasteiger partial charge in [-0.2, -0.15) is 0 Å². The molecule has 6 heteroatoms. The van der Waals surface area contributed by atoms with Gasteiger partial charge in [-0.3, -0.25) is 10.0 Å². The van der Waals surface area contributed by atoms with Crippen LogP contribution in [0.15, 0.2) is 36.4 Å². The Morgan fingerprint density at radius 2 is 2.15 bits per heavy atom. The number of aliphatic hydroxyl groups excluding tert-OH is 2. The minimum absolute atomic E-state index is 0.115. The minimum Gasteiger partial charge on any atom is -0.491 e. The maximum absolute atomic E-state index is 10.9. The summed E-state index contributed by atoms with van der Waals surface area (Å²) in [6.07, 6.45) is 1.76. The van der Waals surface area contributed by atoms with Crippen LogP contribution in [0.25, 0.3) is 0 Å². The molecule has 1 rings (SSSR count). The van der Waals surface area contributed by atoms with Gasteiger partial charge in [0.2, 0.25) is 0 Å². The van der Waals surface area contributed by atoms with E-state index < -0.39 is 12.0 Å². The molecule has 0 bridgehead atoms. The summed E-state index contributed by atoms with van der Waals surface area (Å²) in [4.78, 5) is 10.9. The van der Waals surface area contributed by atoms with Crippen LogP contribution in [0, 0.1) is 5.92 Å². The highest BCUT2D eigenvalue weighted by Crippen LogP contribution is 2.30. The van der Waals surface area contributed by atoms with Crippen molar-refractivity contribution in [1.29, 1.82) is 0 Å². The summed E-state index contributed by atoms with van der Waals surface area (Å²) in [6, 6.07) is 6.95. The highest BCUT2D eigenvalue weighted by molar-refractivity contribution is 5.86. The van der Waals surface area contributed by atoms with Crippen LogP contribution in [0.4, 0.5) is 0 Å². The van der Waals surface area contributed by atoms with E-state index in [1.54, 1.807) is 31.2 Å². The van der Waals surface area contributed by atoms with Gasteiger partial charge >= 0.3 is 0 Å². The molecule has 20 heavy (non-hydrogen) atoms. The quantitative estimate of drug-likeness (QED) is 0.336. The van der Waals surface area contributed by atoms with E-state index in [1.807, 2.05) is 0 Å². The zero-order valence-electron chi connectivity index (χ0n) is 11.2. The van der Waals surface area contributed by atoms with Gasteiger partial charge in [-0.1, -0.05) is 31.2 Å². The first kappa shape index (κ1) is 16.2. The maximum atomic E-state index is 10.9. The summed E-state index contributed by atoms with van der Waals surface area (Å²) in [5.74, 6) is -0.527. The number of carbonyl (C=O) groups excluding carboxylic acids is 1. The Bertz CT molecular complexity index is 461. The third kappa shape index (κ3) is 4.65. The second-order valence-corrected chi connectivity index (χ2v) is 4.25. The lowest BCUT2D eigenvalue weighted by Crippen LogP contribution is -2.16. The number of hydroxylamine groups is 1. The van der Waals surface area contributed by atoms with Crippen LogP contribution in [0.2, 0.25) is 0 Å². The van der Waals surface area contributed by atoms with Crippen LogP contribution < -0.4 is 10.2 Å². The Hall–Kier alpha value is -1.89. The number of aliphatic hydroxyl groups is 2. The average molecular weight is 281 g/mol. The van der Waals surface area contributed by atoms with Crippen molar-refractivity contribution in [1.82, 2.24) is 5.48 Å². The standard InChI is InChI=1S/C14H19NO5/c1-10(6-7-13(17)15-19)14(18)11-4-2-3-5-12(11)20-9-8-16/h2-7,10,14,16,18-19H,8-9H2,1H3,(H,15,17)/b7-6+/t10-,14+/m1/s1. The van der Waals surface area contributed by atoms with E-state index in [-0.39, 0.29) is 19.1 Å². The van der Waals surface area contributed by atoms with E-state index >= 15 is 0 Å². The monoisotopic (exact) mass is 281 g/mol. The first-order valence-electron chi connectivity index (χ1n) is 6.23. The van der Waals surface area contributed by atoms with Gasteiger partial charge in [0, 0.05) is 17.6 Å². The van der Waals surface area contributed by atoms with Gasteiger partial charge in [0.1, 0.15) is 12.4 Å². The SMILES string of the molecule is C[C@H](/C=C/C(=O)NO)[C@H](O)c1ccccc1OCCO. The van der Waals surface area contributed by atoms with E-state index in [1.165, 1.54) is 11.6 Å². The molecule has 1 amide bonds. The van der Waals surface area contributed by atoms with Gasteiger partial charge in [0.25, 0.3) is 5.91 Å². The van der Waals surface area contributed by atoms with Crippen LogP contribution in [0.1, 0.15) is 18.6 Å². The summed E-state index contributed by atoms with van der Waals surface area (Å²) in [6.45, 7) is 1.76. The molecule has 1 aromatic rings. The molecule has 4 N–H and O–H groups in total. The molecule has 0 aliphatic rings. The number of hydrogen-bond donors (Lipinski definition) is 4. The zero-order valence-corrected chi connectivity index (χ0v) is 11.2. The smallest absolute Gasteiger partial charge is 0.267 e. The Morgan fingerprint density at radius 3 is 2.80 bits per heavy atom. The lowest BCUT2D eigenvalue weighted by atomic mass is 9.96. The van der Waals surface area contributed by atoms with Crippen molar-refractivity contribution in [3.63, 3.8) is 0 Å². The molecule has 0 unspecified atom stereocenters. The van der Waals surface area contributed by atoms with Crippen molar-refractivity contribution < 1.29 is 25.0 Å². The number of benzene rings is 1. The van der Waals surface area contributed by atoms with Crippen LogP contribution in [0.3, 0.4) is 0 Å². The highest BCUT2D eigenvalue weighted by Gasteiger charge is 2.18. The van der Waals surface area contributed by atoms with Gasteiger partial charge < -0.3 is 14.9 Å². The van der Waals surface area contributed by atoms with Crippen molar-refractivity contribution in [2.75, 3.05) is 13.2 Å². The minimum atomic E-state index is -0.868. The van der Waals surface area contributed by atoms with Crippen molar-refractivity contribution in [2.45, 2.75) is 13.0 Å². The third-order valence-corrected chi connectivity index (χ3v) is 2.75. The van der Waals surface area contributed by atoms with Crippen molar-refractivity contribution in [3.8, 4) is 5.75 Å². The molecule has 2 atom stereocenters. The number of ether oxygens (including phenoxy) is 1. The van der Waals surface area contributed by atoms with Crippen LogP contribution >= 0.6 is 0 Å². The normalized spacial score (nSPS) is 14.0. The van der Waals surface area contributed by atoms with E-state index in [4.69, 9.17) is 15.1 Å². The van der Waals surface area contributed by atoms with Gasteiger partial charge in [0.15, 0.2) is 0 Å². The molecule has 0 saturated heterocycles. The van der Waals surface area contributed by atoms with Gasteiger partial charge in [-0.05, 0) is 6.07 Å². The summed E-state index contributed by atoms with van der Waals surface area (Å²) >= 11 is 0. The van der Waals surface area contributed by atoms with E-state index in [9.17, 15) is 9.90 Å². The zero-order chi connectivity index (χ0) is 15.0. The molecular weight excluding hydrogens is 262 g/mol. The molecule has 0 radical (unpaired) electrons. The fraction of sp³-hybridized carbons (Fsp3) is 0.357. The van der Waals surface area contributed by atoms with Crippen molar-refractivity contribution in [2.24, 2.45) is 5.92 Å². The second kappa shape index (κ2) is 8.31. The summed E-state index contributed by atoms with van der Waals surface area (Å²) in [5, 5.41) is 27.4. The Balaban J connectivity index is 2.82. The molecule has 110 valence electrons. The molecule has 0 saturated carbocycles. The Kier molecular flexibility index (Phi) is 6.72. The first-order chi connectivity index (χ1) is 9.60. The Labute approximate surface area is 117 Å². The van der Waals surface area contributed by atoms with Gasteiger partial charge in [-0.25, -0.2) is 5.48 Å². The number of amides is 1. The largest absolute Gasteiger partial charge is 0.491 e. The fourth-order valence-electron chi connectivity index (χ4n) is 1.68. The van der Waals surface area contributed by atoms with Crippen LogP contribution in [0.5, 0.6) is 5.75 Å². The van der Waals surface area contributed by atoms with Crippen LogP contribution in [-0.2, 0) is 4.79 Å². The van der Waals surface area contributed by atoms with Crippen molar-refractivity contribution in [3.05, 3.63) is 42.0 Å². The van der Waals surface area contributed by atoms with Gasteiger partial charge in [-0.15, -0.1) is 0 Å². The second-order valence-electron chi connectivity index (χ2n) is 4.25. The predicted octanol–water partition coefficient (Wildman–Crippen LogP) is 0.789. The molecule has 0 heterocycles. The number of nitrogens with one attached hydrogen (secondary N) is 1. The van der Waals surface area contributed by atoms with Crippen molar-refractivity contribution >= 4 is 5.91 Å². The third-order valence-electron chi connectivity index (χ3n) is 2.75. The maximum Gasteiger partial charge on any atom is 0.267 e. The Morgan fingerprint density at radius 1 is 1.45 bits per heavy atom. The molecule has 0 fully saturated rings. The molecular formula is C14H19NO5. The summed E-state index contributed by atoms with van der Waals surface area (Å²) < 4.78 is 5.35. The summed E-state index contributed by atoms with van der Waals surface area (Å²) in [5.41, 5.74) is 2.05.